The van der Waals surface area contributed by atoms with Crippen molar-refractivity contribution in [1.29, 1.82) is 0 Å². The van der Waals surface area contributed by atoms with Crippen LogP contribution in [0.3, 0.4) is 0 Å². The lowest BCUT2D eigenvalue weighted by Gasteiger charge is -2.14. The number of hydrogen-bond acceptors (Lipinski definition) is 6. The Hall–Kier alpha value is -1.48. The number of thiophene rings is 1. The average Bonchev–Trinajstić information content (AvgIpc) is 3.19. The van der Waals surface area contributed by atoms with Crippen LogP contribution >= 0.6 is 38.6 Å². The standard InChI is InChI=1S/C15H14BrN3O2S2/c1-19(7-10-4-5-13(16)23-10)8-14(20)18-15-17-11(9-22-15)12-3-2-6-21-12/h2-6,9H,7-8H2,1H3,(H,17,18,20). The van der Waals surface area contributed by atoms with E-state index in [0.29, 0.717) is 17.4 Å². The number of aromatic nitrogens is 1. The summed E-state index contributed by atoms with van der Waals surface area (Å²) >= 11 is 6.50. The summed E-state index contributed by atoms with van der Waals surface area (Å²) in [7, 11) is 1.92. The van der Waals surface area contributed by atoms with Gasteiger partial charge < -0.3 is 9.73 Å². The summed E-state index contributed by atoms with van der Waals surface area (Å²) in [6, 6.07) is 7.72. The van der Waals surface area contributed by atoms with Crippen molar-refractivity contribution in [3.05, 3.63) is 44.6 Å². The third-order valence-electron chi connectivity index (χ3n) is 2.99. The molecule has 120 valence electrons. The van der Waals surface area contributed by atoms with Crippen molar-refractivity contribution < 1.29 is 9.21 Å². The van der Waals surface area contributed by atoms with Crippen LogP contribution in [-0.4, -0.2) is 29.4 Å². The first-order valence-electron chi connectivity index (χ1n) is 6.82. The number of carbonyl (C=O) groups is 1. The number of rotatable bonds is 6. The van der Waals surface area contributed by atoms with Crippen LogP contribution in [0.5, 0.6) is 0 Å². The second-order valence-corrected chi connectivity index (χ2v) is 8.35. The average molecular weight is 412 g/mol. The van der Waals surface area contributed by atoms with Crippen LogP contribution in [0.4, 0.5) is 5.13 Å². The molecule has 0 saturated heterocycles. The van der Waals surface area contributed by atoms with Crippen molar-refractivity contribution >= 4 is 49.6 Å². The van der Waals surface area contributed by atoms with Gasteiger partial charge in [0.15, 0.2) is 10.9 Å². The predicted molar refractivity (Wildman–Crippen MR) is 96.8 cm³/mol. The molecule has 8 heteroatoms. The van der Waals surface area contributed by atoms with Crippen molar-refractivity contribution in [3.8, 4) is 11.5 Å². The largest absolute Gasteiger partial charge is 0.463 e. The van der Waals surface area contributed by atoms with E-state index in [1.165, 1.54) is 16.2 Å². The number of likely N-dealkylation sites (N-methyl/N-ethyl adjacent to an activating group) is 1. The maximum Gasteiger partial charge on any atom is 0.240 e. The summed E-state index contributed by atoms with van der Waals surface area (Å²) in [5.74, 6) is 0.616. The summed E-state index contributed by atoms with van der Waals surface area (Å²) in [4.78, 5) is 19.6. The molecule has 0 fully saturated rings. The fraction of sp³-hybridized carbons (Fsp3) is 0.200. The lowest BCUT2D eigenvalue weighted by Crippen LogP contribution is -2.29. The van der Waals surface area contributed by atoms with Gasteiger partial charge in [0.1, 0.15) is 5.69 Å². The first kappa shape index (κ1) is 16.4. The Kier molecular flexibility index (Phi) is 5.27. The van der Waals surface area contributed by atoms with Gasteiger partial charge in [0.2, 0.25) is 5.91 Å². The molecule has 3 heterocycles. The minimum absolute atomic E-state index is 0.0801. The highest BCUT2D eigenvalue weighted by Crippen LogP contribution is 2.25. The van der Waals surface area contributed by atoms with Gasteiger partial charge in [0, 0.05) is 16.8 Å². The van der Waals surface area contributed by atoms with E-state index >= 15 is 0 Å². The molecule has 23 heavy (non-hydrogen) atoms. The number of carbonyl (C=O) groups excluding carboxylic acids is 1. The molecule has 3 aromatic rings. The minimum atomic E-state index is -0.0801. The zero-order valence-electron chi connectivity index (χ0n) is 12.3. The van der Waals surface area contributed by atoms with Crippen LogP contribution < -0.4 is 5.32 Å². The minimum Gasteiger partial charge on any atom is -0.463 e. The molecule has 0 bridgehead atoms. The van der Waals surface area contributed by atoms with Crippen molar-refractivity contribution in [2.24, 2.45) is 0 Å². The van der Waals surface area contributed by atoms with Crippen LogP contribution in [0.1, 0.15) is 4.88 Å². The van der Waals surface area contributed by atoms with E-state index < -0.39 is 0 Å². The van der Waals surface area contributed by atoms with Gasteiger partial charge in [-0.3, -0.25) is 9.69 Å². The second kappa shape index (κ2) is 7.39. The second-order valence-electron chi connectivity index (χ2n) is 4.94. The molecule has 0 saturated carbocycles. The lowest BCUT2D eigenvalue weighted by molar-refractivity contribution is -0.117. The molecule has 1 amide bonds. The maximum atomic E-state index is 12.1. The molecule has 0 aromatic carbocycles. The van der Waals surface area contributed by atoms with Gasteiger partial charge in [-0.2, -0.15) is 0 Å². The highest BCUT2D eigenvalue weighted by molar-refractivity contribution is 9.11. The maximum absolute atomic E-state index is 12.1. The Balaban J connectivity index is 1.53. The predicted octanol–water partition coefficient (Wildman–Crippen LogP) is 4.30. The van der Waals surface area contributed by atoms with Gasteiger partial charge in [-0.1, -0.05) is 0 Å². The lowest BCUT2D eigenvalue weighted by atomic mass is 10.4. The van der Waals surface area contributed by atoms with E-state index in [9.17, 15) is 4.79 Å². The van der Waals surface area contributed by atoms with E-state index in [1.807, 2.05) is 35.5 Å². The molecular formula is C15H14BrN3O2S2. The summed E-state index contributed by atoms with van der Waals surface area (Å²) in [6.07, 6.45) is 1.60. The number of halogens is 1. The Morgan fingerprint density at radius 1 is 1.43 bits per heavy atom. The van der Waals surface area contributed by atoms with Crippen LogP contribution in [0.15, 0.2) is 44.1 Å². The quantitative estimate of drug-likeness (QED) is 0.656. The molecule has 0 unspecified atom stereocenters. The zero-order chi connectivity index (χ0) is 16.2. The number of thiazole rings is 1. The number of anilines is 1. The molecular weight excluding hydrogens is 398 g/mol. The number of furan rings is 1. The van der Waals surface area contributed by atoms with Crippen molar-refractivity contribution in [1.82, 2.24) is 9.88 Å². The molecule has 3 aromatic heterocycles. The SMILES string of the molecule is CN(CC(=O)Nc1nc(-c2ccco2)cs1)Cc1ccc(Br)s1. The molecule has 0 spiro atoms. The smallest absolute Gasteiger partial charge is 0.240 e. The third kappa shape index (κ3) is 4.51. The van der Waals surface area contributed by atoms with Gasteiger partial charge in [-0.15, -0.1) is 22.7 Å². The number of nitrogens with one attached hydrogen (secondary N) is 1. The van der Waals surface area contributed by atoms with Crippen LogP contribution in [0.2, 0.25) is 0 Å². The van der Waals surface area contributed by atoms with E-state index in [4.69, 9.17) is 4.42 Å². The Morgan fingerprint density at radius 2 is 2.30 bits per heavy atom. The van der Waals surface area contributed by atoms with Crippen molar-refractivity contribution in [2.75, 3.05) is 18.9 Å². The highest BCUT2D eigenvalue weighted by Gasteiger charge is 2.12. The van der Waals surface area contributed by atoms with Gasteiger partial charge in [0.05, 0.1) is 16.6 Å². The van der Waals surface area contributed by atoms with E-state index in [1.54, 1.807) is 17.6 Å². The number of nitrogens with zero attached hydrogens (tertiary/aromatic N) is 2. The summed E-state index contributed by atoms with van der Waals surface area (Å²) in [5, 5.41) is 5.27. The molecule has 0 atom stereocenters. The fourth-order valence-electron chi connectivity index (χ4n) is 2.03. The molecule has 0 aliphatic heterocycles. The molecule has 1 N–H and O–H groups in total. The van der Waals surface area contributed by atoms with E-state index in [2.05, 4.69) is 32.3 Å². The zero-order valence-corrected chi connectivity index (χ0v) is 15.5. The first-order valence-corrected chi connectivity index (χ1v) is 9.31. The van der Waals surface area contributed by atoms with Crippen molar-refractivity contribution in [2.45, 2.75) is 6.54 Å². The third-order valence-corrected chi connectivity index (χ3v) is 5.36. The van der Waals surface area contributed by atoms with Gasteiger partial charge in [-0.05, 0) is 47.2 Å². The first-order chi connectivity index (χ1) is 11.1. The topological polar surface area (TPSA) is 58.4 Å². The highest BCUT2D eigenvalue weighted by atomic mass is 79.9. The molecule has 0 aliphatic carbocycles. The fourth-order valence-corrected chi connectivity index (χ4v) is 4.31. The van der Waals surface area contributed by atoms with Crippen LogP contribution in [-0.2, 0) is 11.3 Å². The van der Waals surface area contributed by atoms with Crippen LogP contribution in [0.25, 0.3) is 11.5 Å². The van der Waals surface area contributed by atoms with Crippen LogP contribution in [0, 0.1) is 0 Å². The molecule has 0 radical (unpaired) electrons. The Morgan fingerprint density at radius 3 is 3.00 bits per heavy atom. The molecule has 0 aliphatic rings. The summed E-state index contributed by atoms with van der Waals surface area (Å²) in [6.45, 7) is 1.05. The van der Waals surface area contributed by atoms with Gasteiger partial charge in [-0.25, -0.2) is 4.98 Å². The van der Waals surface area contributed by atoms with Gasteiger partial charge in [0.25, 0.3) is 0 Å². The Bertz CT molecular complexity index is 782. The van der Waals surface area contributed by atoms with E-state index in [0.717, 1.165) is 16.0 Å². The van der Waals surface area contributed by atoms with Crippen molar-refractivity contribution in [3.63, 3.8) is 0 Å². The monoisotopic (exact) mass is 411 g/mol. The number of hydrogen-bond donors (Lipinski definition) is 1. The van der Waals surface area contributed by atoms with Gasteiger partial charge >= 0.3 is 0 Å². The summed E-state index contributed by atoms with van der Waals surface area (Å²) in [5.41, 5.74) is 0.729. The summed E-state index contributed by atoms with van der Waals surface area (Å²) < 4.78 is 6.39. The molecule has 5 nitrogen and oxygen atoms in total. The molecule has 3 rings (SSSR count). The Labute approximate surface area is 150 Å². The number of amides is 1. The normalized spacial score (nSPS) is 11.1. The van der Waals surface area contributed by atoms with E-state index in [-0.39, 0.29) is 5.91 Å².